The summed E-state index contributed by atoms with van der Waals surface area (Å²) in [6.45, 7) is 10.1. The Bertz CT molecular complexity index is 1850. The number of aromatic nitrogens is 1. The van der Waals surface area contributed by atoms with Gasteiger partial charge in [-0.1, -0.05) is 36.8 Å². The molecule has 8 heterocycles. The van der Waals surface area contributed by atoms with Crippen LogP contribution >= 0.6 is 0 Å². The molecule has 0 radical (unpaired) electrons. The molecule has 1 N–H and O–H groups in total. The van der Waals surface area contributed by atoms with Crippen molar-refractivity contribution in [2.45, 2.75) is 94.9 Å². The molecule has 0 saturated carbocycles. The maximum absolute atomic E-state index is 13.9. The molecule has 0 aliphatic carbocycles. The number of esters is 1. The number of aryl methyl sites for hydroxylation is 1. The lowest BCUT2D eigenvalue weighted by atomic mass is 9.57. The molecule has 1 spiro atoms. The molecule has 7 nitrogen and oxygen atoms in total. The van der Waals surface area contributed by atoms with E-state index in [1.165, 1.54) is 77.6 Å². The van der Waals surface area contributed by atoms with Crippen LogP contribution in [0.4, 0.5) is 5.69 Å². The first-order chi connectivity index (χ1) is 22.9. The molecule has 4 bridgehead atoms. The van der Waals surface area contributed by atoms with E-state index in [1.807, 2.05) is 0 Å². The van der Waals surface area contributed by atoms with Crippen LogP contribution in [0.1, 0.15) is 74.8 Å². The van der Waals surface area contributed by atoms with Gasteiger partial charge in [0.05, 0.1) is 18.6 Å². The van der Waals surface area contributed by atoms with Gasteiger partial charge < -0.3 is 24.3 Å². The lowest BCUT2D eigenvalue weighted by molar-refractivity contribution is -0.170. The number of H-pyrrole nitrogens is 1. The van der Waals surface area contributed by atoms with Gasteiger partial charge in [0.25, 0.3) is 0 Å². The number of piperidine rings is 4. The minimum absolute atomic E-state index is 0.113. The molecule has 7 aliphatic heterocycles. The summed E-state index contributed by atoms with van der Waals surface area (Å²) >= 11 is 0. The Kier molecular flexibility index (Phi) is 6.03. The second kappa shape index (κ2) is 9.88. The van der Waals surface area contributed by atoms with E-state index in [1.54, 1.807) is 7.11 Å². The van der Waals surface area contributed by atoms with Gasteiger partial charge in [-0.15, -0.1) is 0 Å². The number of fused-ring (bicyclic) bond motifs is 9. The quantitative estimate of drug-likeness (QED) is 0.271. The molecule has 7 aliphatic rings. The van der Waals surface area contributed by atoms with Gasteiger partial charge in [-0.2, -0.15) is 0 Å². The van der Waals surface area contributed by atoms with Gasteiger partial charge >= 0.3 is 5.97 Å². The van der Waals surface area contributed by atoms with E-state index >= 15 is 0 Å². The summed E-state index contributed by atoms with van der Waals surface area (Å²) in [6, 6.07) is 13.5. The Morgan fingerprint density at radius 3 is 2.87 bits per heavy atom. The topological polar surface area (TPSA) is 61.0 Å². The van der Waals surface area contributed by atoms with Crippen molar-refractivity contribution in [1.29, 1.82) is 0 Å². The van der Waals surface area contributed by atoms with Crippen molar-refractivity contribution in [2.75, 3.05) is 44.7 Å². The molecule has 47 heavy (non-hydrogen) atoms. The second-order valence-corrected chi connectivity index (χ2v) is 15.9. The summed E-state index contributed by atoms with van der Waals surface area (Å²) in [5, 5.41) is 1.39. The summed E-state index contributed by atoms with van der Waals surface area (Å²) in [5.74, 6) is 0.952. The van der Waals surface area contributed by atoms with Crippen LogP contribution in [0.15, 0.2) is 48.0 Å². The molecule has 10 rings (SSSR count). The van der Waals surface area contributed by atoms with E-state index in [2.05, 4.69) is 76.0 Å². The number of methoxy groups -OCH3 is 1. The second-order valence-electron chi connectivity index (χ2n) is 15.9. The van der Waals surface area contributed by atoms with E-state index < -0.39 is 11.8 Å². The molecular weight excluding hydrogens is 584 g/mol. The van der Waals surface area contributed by atoms with Crippen molar-refractivity contribution in [3.05, 3.63) is 70.4 Å². The van der Waals surface area contributed by atoms with E-state index in [0.29, 0.717) is 5.41 Å². The molecule has 1 aromatic heterocycles. The van der Waals surface area contributed by atoms with Gasteiger partial charge in [-0.25, -0.2) is 4.79 Å². The fourth-order valence-corrected chi connectivity index (χ4v) is 12.0. The molecule has 2 aromatic carbocycles. The van der Waals surface area contributed by atoms with E-state index in [9.17, 15) is 4.79 Å². The van der Waals surface area contributed by atoms with Crippen molar-refractivity contribution < 1.29 is 14.3 Å². The molecule has 4 saturated heterocycles. The predicted octanol–water partition coefficient (Wildman–Crippen LogP) is 6.13. The third-order valence-electron chi connectivity index (χ3n) is 14.3. The third-order valence-corrected chi connectivity index (χ3v) is 14.3. The van der Waals surface area contributed by atoms with E-state index in [4.69, 9.17) is 9.47 Å². The Labute approximate surface area is 278 Å². The maximum atomic E-state index is 13.9. The van der Waals surface area contributed by atoms with Gasteiger partial charge in [-0.05, 0) is 105 Å². The molecule has 3 aromatic rings. The summed E-state index contributed by atoms with van der Waals surface area (Å²) < 4.78 is 13.3. The van der Waals surface area contributed by atoms with Crippen LogP contribution in [0.3, 0.4) is 0 Å². The van der Waals surface area contributed by atoms with Crippen molar-refractivity contribution in [3.63, 3.8) is 0 Å². The fourth-order valence-electron chi connectivity index (χ4n) is 12.0. The number of para-hydroxylation sites is 1. The van der Waals surface area contributed by atoms with Crippen LogP contribution in [0.25, 0.3) is 10.9 Å². The van der Waals surface area contributed by atoms with Crippen LogP contribution in [0.5, 0.6) is 5.75 Å². The molecule has 7 heteroatoms. The van der Waals surface area contributed by atoms with Crippen LogP contribution in [-0.2, 0) is 34.2 Å². The van der Waals surface area contributed by atoms with Gasteiger partial charge in [0.1, 0.15) is 11.8 Å². The van der Waals surface area contributed by atoms with Crippen molar-refractivity contribution in [1.82, 2.24) is 14.8 Å². The maximum Gasteiger partial charge on any atom is 0.329 e. The molecule has 246 valence electrons. The Balaban J connectivity index is 1.14. The summed E-state index contributed by atoms with van der Waals surface area (Å²) in [4.78, 5) is 25.7. The zero-order chi connectivity index (χ0) is 31.7. The van der Waals surface area contributed by atoms with Crippen LogP contribution in [0, 0.1) is 11.3 Å². The van der Waals surface area contributed by atoms with Crippen LogP contribution < -0.4 is 9.64 Å². The van der Waals surface area contributed by atoms with Crippen LogP contribution in [0.2, 0.25) is 0 Å². The number of nitrogens with zero attached hydrogens (tertiary/aromatic N) is 3. The van der Waals surface area contributed by atoms with Gasteiger partial charge in [0.2, 0.25) is 5.72 Å². The number of hydrogen-bond acceptors (Lipinski definition) is 6. The molecular formula is C40H48N4O3. The van der Waals surface area contributed by atoms with Gasteiger partial charge in [0, 0.05) is 60.4 Å². The monoisotopic (exact) mass is 632 g/mol. The first kappa shape index (κ1) is 28.7. The zero-order valence-electron chi connectivity index (χ0n) is 28.2. The summed E-state index contributed by atoms with van der Waals surface area (Å²) in [5.41, 5.74) is 8.89. The normalized spacial score (nSPS) is 37.5. The number of rotatable bonds is 2. The standard InChI is InChI=1S/C40H48N4O3/c1-4-25-23-43-18-15-39-22-26-19-29-27-12-17-42-16-8-13-38(5-2,24-42)14-11-31(27)41-32(29)21-34(26)47-40(39)35(43)20-28(25)36(37(45)46-3)44(40)33-10-7-6-9-30(33)39/h4,6-7,9-10,19,21,28,35-36,41H,5,8,11-18,20,22-24H2,1-3H3/b25-4-/t28-,35-,36-,38+,39+,40+/m0/s1. The Morgan fingerprint density at radius 2 is 2.02 bits per heavy atom. The highest BCUT2D eigenvalue weighted by Gasteiger charge is 2.76. The van der Waals surface area contributed by atoms with E-state index in [-0.39, 0.29) is 23.3 Å². The lowest BCUT2D eigenvalue weighted by Crippen LogP contribution is -2.83. The molecule has 0 amide bonds. The summed E-state index contributed by atoms with van der Waals surface area (Å²) in [7, 11) is 1.55. The predicted molar refractivity (Wildman–Crippen MR) is 184 cm³/mol. The van der Waals surface area contributed by atoms with Crippen LogP contribution in [-0.4, -0.2) is 78.4 Å². The van der Waals surface area contributed by atoms with Gasteiger partial charge in [-0.3, -0.25) is 4.90 Å². The highest BCUT2D eigenvalue weighted by Crippen LogP contribution is 2.67. The average molecular weight is 633 g/mol. The minimum atomic E-state index is -0.665. The minimum Gasteiger partial charge on any atom is -0.467 e. The Morgan fingerprint density at radius 1 is 1.13 bits per heavy atom. The number of anilines is 1. The number of benzene rings is 2. The number of allylic oxidation sites excluding steroid dienone is 1. The molecule has 7 atom stereocenters. The Hall–Kier alpha value is -3.29. The SMILES string of the molecule is C/C=C1/CN2CC[C@]34Cc5cc6c7c([nH]c6cc5O[C@]35[C@@H]2C[C@@H]1[C@@H](C(=O)OC)N5c1ccccc14)CC[C@@]1(CC)CCCN(CC7)C1. The first-order valence-corrected chi connectivity index (χ1v) is 18.4. The summed E-state index contributed by atoms with van der Waals surface area (Å²) in [6.07, 6.45) is 12.5. The third kappa shape index (κ3) is 3.58. The van der Waals surface area contributed by atoms with Crippen molar-refractivity contribution in [2.24, 2.45) is 11.3 Å². The molecule has 1 unspecified atom stereocenters. The zero-order valence-corrected chi connectivity index (χ0v) is 28.2. The lowest BCUT2D eigenvalue weighted by Gasteiger charge is -2.67. The number of aromatic amines is 1. The average Bonchev–Trinajstić information content (AvgIpc) is 3.58. The first-order valence-electron chi connectivity index (χ1n) is 18.4. The fraction of sp³-hybridized carbons (Fsp3) is 0.575. The van der Waals surface area contributed by atoms with Crippen molar-refractivity contribution >= 4 is 22.6 Å². The number of nitrogens with one attached hydrogen (secondary N) is 1. The number of hydrogen-bond donors (Lipinski definition) is 1. The number of carbonyl (C=O) groups is 1. The highest BCUT2D eigenvalue weighted by molar-refractivity contribution is 5.89. The molecule has 4 fully saturated rings. The van der Waals surface area contributed by atoms with Crippen molar-refractivity contribution in [3.8, 4) is 5.75 Å². The highest BCUT2D eigenvalue weighted by atomic mass is 16.5. The largest absolute Gasteiger partial charge is 0.467 e. The number of carbonyl (C=O) groups excluding carboxylic acids is 1. The van der Waals surface area contributed by atoms with E-state index in [0.717, 1.165) is 63.2 Å². The number of ether oxygens (including phenoxy) is 2. The smallest absolute Gasteiger partial charge is 0.329 e. The van der Waals surface area contributed by atoms with Gasteiger partial charge in [0.15, 0.2) is 0 Å².